The van der Waals surface area contributed by atoms with Crippen LogP contribution in [0.1, 0.15) is 23.2 Å². The average Bonchev–Trinajstić information content (AvgIpc) is 3.45. The molecule has 3 aromatic rings. The topological polar surface area (TPSA) is 89.5 Å². The third-order valence-corrected chi connectivity index (χ3v) is 5.06. The summed E-state index contributed by atoms with van der Waals surface area (Å²) in [6.07, 6.45) is 3.91. The van der Waals surface area contributed by atoms with Crippen LogP contribution < -0.4 is 9.64 Å². The van der Waals surface area contributed by atoms with Crippen LogP contribution in [0.3, 0.4) is 0 Å². The maximum absolute atomic E-state index is 12.8. The minimum absolute atomic E-state index is 0.0789. The van der Waals surface area contributed by atoms with Crippen molar-refractivity contribution in [2.45, 2.75) is 13.3 Å². The monoisotopic (exact) mass is 412 g/mol. The molecule has 0 spiro atoms. The molecule has 3 aromatic heterocycles. The van der Waals surface area contributed by atoms with Gasteiger partial charge in [-0.05, 0) is 30.7 Å². The van der Waals surface area contributed by atoms with Crippen LogP contribution in [0.15, 0.2) is 41.1 Å². The molecular weight excluding hydrogens is 388 g/mol. The number of aromatic nitrogens is 2. The predicted molar refractivity (Wildman–Crippen MR) is 109 cm³/mol. The summed E-state index contributed by atoms with van der Waals surface area (Å²) in [5, 5.41) is 0. The number of anilines is 1. The number of pyridine rings is 1. The summed E-state index contributed by atoms with van der Waals surface area (Å²) in [6, 6.07) is 6.87. The highest BCUT2D eigenvalue weighted by molar-refractivity contribution is 6.04. The van der Waals surface area contributed by atoms with Gasteiger partial charge in [-0.2, -0.15) is 0 Å². The molecule has 1 aliphatic heterocycles. The zero-order valence-corrected chi connectivity index (χ0v) is 17.0. The van der Waals surface area contributed by atoms with Gasteiger partial charge in [0.05, 0.1) is 25.2 Å². The highest BCUT2D eigenvalue weighted by Gasteiger charge is 2.24. The number of ether oxygens (including phenoxy) is 2. The van der Waals surface area contributed by atoms with Gasteiger partial charge in [0.25, 0.3) is 11.8 Å². The lowest BCUT2D eigenvalue weighted by atomic mass is 10.3. The van der Waals surface area contributed by atoms with Crippen LogP contribution in [0.4, 0.5) is 5.82 Å². The summed E-state index contributed by atoms with van der Waals surface area (Å²) in [5.74, 6) is 1.01. The number of morpholine rings is 1. The van der Waals surface area contributed by atoms with E-state index in [0.717, 1.165) is 5.69 Å². The highest BCUT2D eigenvalue weighted by atomic mass is 16.5. The maximum atomic E-state index is 12.8. The summed E-state index contributed by atoms with van der Waals surface area (Å²) < 4.78 is 18.2. The number of rotatable bonds is 6. The fourth-order valence-electron chi connectivity index (χ4n) is 3.49. The zero-order chi connectivity index (χ0) is 21.1. The number of carbonyl (C=O) groups is 2. The van der Waals surface area contributed by atoms with E-state index in [1.165, 1.54) is 11.2 Å². The largest absolute Gasteiger partial charge is 0.480 e. The van der Waals surface area contributed by atoms with Crippen LogP contribution in [0, 0.1) is 0 Å². The van der Waals surface area contributed by atoms with Gasteiger partial charge in [0.2, 0.25) is 0 Å². The molecule has 0 N–H and O–H groups in total. The molecular formula is C21H24N4O5. The first-order valence-electron chi connectivity index (χ1n) is 9.90. The van der Waals surface area contributed by atoms with Crippen LogP contribution >= 0.6 is 0 Å². The van der Waals surface area contributed by atoms with Gasteiger partial charge < -0.3 is 18.8 Å². The third kappa shape index (κ3) is 3.76. The van der Waals surface area contributed by atoms with Gasteiger partial charge in [-0.1, -0.05) is 6.92 Å². The number of amides is 2. The smallest absolute Gasteiger partial charge is 0.294 e. The summed E-state index contributed by atoms with van der Waals surface area (Å²) in [6.45, 7) is 4.12. The Hall–Kier alpha value is -3.33. The number of imidazole rings is 1. The van der Waals surface area contributed by atoms with Crippen molar-refractivity contribution in [2.75, 3.05) is 44.9 Å². The van der Waals surface area contributed by atoms with Gasteiger partial charge in [0, 0.05) is 26.3 Å². The molecule has 0 radical (unpaired) electrons. The molecule has 0 aliphatic carbocycles. The molecule has 2 amide bonds. The van der Waals surface area contributed by atoms with Crippen molar-refractivity contribution in [3.8, 4) is 5.75 Å². The number of hydrogen-bond donors (Lipinski definition) is 0. The minimum Gasteiger partial charge on any atom is -0.480 e. The molecule has 1 saturated heterocycles. The number of hydrogen-bond acceptors (Lipinski definition) is 6. The second-order valence-corrected chi connectivity index (χ2v) is 6.93. The molecule has 0 saturated carbocycles. The first-order valence-corrected chi connectivity index (χ1v) is 9.90. The Morgan fingerprint density at radius 3 is 2.73 bits per heavy atom. The lowest BCUT2D eigenvalue weighted by Crippen LogP contribution is -2.43. The van der Waals surface area contributed by atoms with Crippen LogP contribution in [0.2, 0.25) is 0 Å². The van der Waals surface area contributed by atoms with Crippen molar-refractivity contribution in [2.24, 2.45) is 0 Å². The number of furan rings is 1. The molecule has 9 heteroatoms. The van der Waals surface area contributed by atoms with E-state index >= 15 is 0 Å². The van der Waals surface area contributed by atoms with E-state index in [9.17, 15) is 9.59 Å². The standard InChI is InChI=1S/C21H24N4O5/c1-3-15-20(23(2)21(27)17-7-5-11-29-17)25-8-4-6-16(19(25)22-15)30-14-18(26)24-9-12-28-13-10-24/h4-8,11H,3,9-10,12-14H2,1-2H3. The average molecular weight is 412 g/mol. The van der Waals surface area contributed by atoms with E-state index < -0.39 is 0 Å². The number of nitrogens with zero attached hydrogens (tertiary/aromatic N) is 4. The van der Waals surface area contributed by atoms with E-state index in [1.807, 2.05) is 13.1 Å². The predicted octanol–water partition coefficient (Wildman–Crippen LogP) is 2.00. The van der Waals surface area contributed by atoms with Gasteiger partial charge in [0.1, 0.15) is 5.82 Å². The van der Waals surface area contributed by atoms with Crippen molar-refractivity contribution in [1.82, 2.24) is 14.3 Å². The summed E-state index contributed by atoms with van der Waals surface area (Å²) in [7, 11) is 1.68. The molecule has 1 aliphatic rings. The normalized spacial score (nSPS) is 14.1. The number of aryl methyl sites for hydroxylation is 1. The Balaban J connectivity index is 1.60. The fourth-order valence-corrected chi connectivity index (χ4v) is 3.49. The maximum Gasteiger partial charge on any atom is 0.294 e. The van der Waals surface area contributed by atoms with Crippen LogP contribution in [-0.4, -0.2) is 66.1 Å². The number of carbonyl (C=O) groups excluding carboxylic acids is 2. The first kappa shape index (κ1) is 20.0. The zero-order valence-electron chi connectivity index (χ0n) is 17.0. The molecule has 4 heterocycles. The van der Waals surface area contributed by atoms with Crippen molar-refractivity contribution in [1.29, 1.82) is 0 Å². The van der Waals surface area contributed by atoms with Gasteiger partial charge in [-0.25, -0.2) is 4.98 Å². The lowest BCUT2D eigenvalue weighted by molar-refractivity contribution is -0.137. The first-order chi connectivity index (χ1) is 14.6. The minimum atomic E-state index is -0.273. The Kier molecular flexibility index (Phi) is 5.71. The number of fused-ring (bicyclic) bond motifs is 1. The van der Waals surface area contributed by atoms with Crippen LogP contribution in [0.5, 0.6) is 5.75 Å². The Morgan fingerprint density at radius 1 is 1.23 bits per heavy atom. The van der Waals surface area contributed by atoms with Crippen LogP contribution in [0.25, 0.3) is 5.65 Å². The summed E-state index contributed by atoms with van der Waals surface area (Å²) >= 11 is 0. The van der Waals surface area contributed by atoms with E-state index in [1.54, 1.807) is 40.6 Å². The molecule has 0 unspecified atom stereocenters. The SMILES string of the molecule is CCc1nc2c(OCC(=O)N3CCOCC3)cccn2c1N(C)C(=O)c1ccco1. The molecule has 158 valence electrons. The molecule has 0 aromatic carbocycles. The van der Waals surface area contributed by atoms with Crippen molar-refractivity contribution >= 4 is 23.3 Å². The molecule has 9 nitrogen and oxygen atoms in total. The fraction of sp³-hybridized carbons (Fsp3) is 0.381. The second kappa shape index (κ2) is 8.58. The van der Waals surface area contributed by atoms with E-state index in [0.29, 0.717) is 49.9 Å². The van der Waals surface area contributed by atoms with E-state index in [-0.39, 0.29) is 24.2 Å². The molecule has 1 fully saturated rings. The van der Waals surface area contributed by atoms with Gasteiger partial charge in [-0.15, -0.1) is 0 Å². The lowest BCUT2D eigenvalue weighted by Gasteiger charge is -2.26. The van der Waals surface area contributed by atoms with Crippen molar-refractivity contribution in [3.63, 3.8) is 0 Å². The molecule has 0 atom stereocenters. The highest BCUT2D eigenvalue weighted by Crippen LogP contribution is 2.29. The Labute approximate surface area is 173 Å². The summed E-state index contributed by atoms with van der Waals surface area (Å²) in [5.41, 5.74) is 1.30. The van der Waals surface area contributed by atoms with E-state index in [4.69, 9.17) is 13.9 Å². The Morgan fingerprint density at radius 2 is 2.03 bits per heavy atom. The Bertz CT molecular complexity index is 1040. The van der Waals surface area contributed by atoms with Crippen molar-refractivity contribution < 1.29 is 23.5 Å². The van der Waals surface area contributed by atoms with Crippen molar-refractivity contribution in [3.05, 3.63) is 48.2 Å². The second-order valence-electron chi connectivity index (χ2n) is 6.93. The third-order valence-electron chi connectivity index (χ3n) is 5.06. The van der Waals surface area contributed by atoms with Crippen LogP contribution in [-0.2, 0) is 16.0 Å². The van der Waals surface area contributed by atoms with Gasteiger partial charge >= 0.3 is 0 Å². The quantitative estimate of drug-likeness (QED) is 0.615. The molecule has 4 rings (SSSR count). The van der Waals surface area contributed by atoms with Gasteiger partial charge in [-0.3, -0.25) is 18.9 Å². The van der Waals surface area contributed by atoms with Gasteiger partial charge in [0.15, 0.2) is 23.8 Å². The molecule has 0 bridgehead atoms. The molecule has 30 heavy (non-hydrogen) atoms. The van der Waals surface area contributed by atoms with E-state index in [2.05, 4.69) is 4.98 Å². The summed E-state index contributed by atoms with van der Waals surface area (Å²) in [4.78, 5) is 33.1.